The van der Waals surface area contributed by atoms with Gasteiger partial charge in [-0.05, 0) is 75.9 Å². The molecular formula is C21H26Br2N4O. The predicted molar refractivity (Wildman–Crippen MR) is 119 cm³/mol. The van der Waals surface area contributed by atoms with Crippen molar-refractivity contribution in [2.75, 3.05) is 18.0 Å². The minimum Gasteiger partial charge on any atom is -0.390 e. The van der Waals surface area contributed by atoms with E-state index in [2.05, 4.69) is 36.8 Å². The molecule has 2 heterocycles. The van der Waals surface area contributed by atoms with E-state index in [9.17, 15) is 5.11 Å². The van der Waals surface area contributed by atoms with Gasteiger partial charge in [-0.3, -0.25) is 0 Å². The molecule has 3 N–H and O–H groups in total. The molecule has 1 aliphatic heterocycles. The summed E-state index contributed by atoms with van der Waals surface area (Å²) in [6, 6.07) is 6.30. The number of anilines is 1. The predicted octanol–water partition coefficient (Wildman–Crippen LogP) is 4.57. The molecule has 1 aromatic carbocycles. The molecule has 4 rings (SSSR count). The second-order valence-corrected chi connectivity index (χ2v) is 9.68. The summed E-state index contributed by atoms with van der Waals surface area (Å²) in [6.45, 7) is 3.71. The van der Waals surface area contributed by atoms with E-state index in [1.54, 1.807) is 0 Å². The lowest BCUT2D eigenvalue weighted by atomic mass is 9.74. The lowest BCUT2D eigenvalue weighted by molar-refractivity contribution is 0.196. The van der Waals surface area contributed by atoms with Crippen LogP contribution in [0.25, 0.3) is 11.3 Å². The third-order valence-electron chi connectivity index (χ3n) is 6.51. The Morgan fingerprint density at radius 3 is 2.61 bits per heavy atom. The fraction of sp³-hybridized carbons (Fsp3) is 0.524. The van der Waals surface area contributed by atoms with Crippen molar-refractivity contribution in [3.05, 3.63) is 38.5 Å². The van der Waals surface area contributed by atoms with Crippen LogP contribution in [0.15, 0.2) is 27.1 Å². The average Bonchev–Trinajstić information content (AvgIpc) is 3.04. The van der Waals surface area contributed by atoms with Crippen LogP contribution < -0.4 is 10.6 Å². The van der Waals surface area contributed by atoms with Crippen LogP contribution in [0.3, 0.4) is 0 Å². The number of benzene rings is 1. The van der Waals surface area contributed by atoms with Gasteiger partial charge in [-0.15, -0.1) is 0 Å². The van der Waals surface area contributed by atoms with E-state index in [1.165, 1.54) is 12.8 Å². The van der Waals surface area contributed by atoms with Crippen molar-refractivity contribution in [3.63, 3.8) is 0 Å². The zero-order valence-corrected chi connectivity index (χ0v) is 19.3. The molecule has 2 fully saturated rings. The van der Waals surface area contributed by atoms with Crippen LogP contribution in [0.5, 0.6) is 0 Å². The van der Waals surface area contributed by atoms with Crippen molar-refractivity contribution in [2.45, 2.75) is 51.7 Å². The minimum atomic E-state index is -0.123. The van der Waals surface area contributed by atoms with Gasteiger partial charge in [0.05, 0.1) is 18.0 Å². The summed E-state index contributed by atoms with van der Waals surface area (Å²) in [5, 5.41) is 10.0. The number of nitrogens with zero attached hydrogens (tertiary/aromatic N) is 3. The summed E-state index contributed by atoms with van der Waals surface area (Å²) in [5.74, 6) is 0.816. The molecule has 150 valence electrons. The molecule has 0 unspecified atom stereocenters. The Bertz CT molecular complexity index is 881. The first kappa shape index (κ1) is 20.3. The van der Waals surface area contributed by atoms with Gasteiger partial charge in [-0.2, -0.15) is 0 Å². The molecule has 1 saturated heterocycles. The van der Waals surface area contributed by atoms with E-state index in [0.29, 0.717) is 17.2 Å². The number of rotatable bonds is 3. The topological polar surface area (TPSA) is 75.3 Å². The van der Waals surface area contributed by atoms with Crippen LogP contribution in [0.1, 0.15) is 43.5 Å². The van der Waals surface area contributed by atoms with Crippen LogP contribution in [-0.2, 0) is 6.61 Å². The zero-order valence-electron chi connectivity index (χ0n) is 16.1. The van der Waals surface area contributed by atoms with Gasteiger partial charge in [-0.1, -0.05) is 18.6 Å². The smallest absolute Gasteiger partial charge is 0.153 e. The summed E-state index contributed by atoms with van der Waals surface area (Å²) >= 11 is 7.18. The van der Waals surface area contributed by atoms with Crippen LogP contribution in [0, 0.1) is 12.3 Å². The Morgan fingerprint density at radius 1 is 1.21 bits per heavy atom. The highest BCUT2D eigenvalue weighted by Gasteiger charge is 2.43. The number of aliphatic hydroxyl groups is 1. The van der Waals surface area contributed by atoms with Gasteiger partial charge in [0, 0.05) is 33.6 Å². The fourth-order valence-electron chi connectivity index (χ4n) is 4.79. The molecule has 0 bridgehead atoms. The van der Waals surface area contributed by atoms with Gasteiger partial charge in [0.15, 0.2) is 5.82 Å². The Morgan fingerprint density at radius 2 is 1.96 bits per heavy atom. The normalized spacial score (nSPS) is 21.5. The molecule has 0 radical (unpaired) electrons. The first-order valence-corrected chi connectivity index (χ1v) is 11.5. The lowest BCUT2D eigenvalue weighted by Crippen LogP contribution is -2.47. The zero-order chi connectivity index (χ0) is 19.9. The minimum absolute atomic E-state index is 0.123. The molecule has 2 aromatic rings. The number of halogens is 2. The summed E-state index contributed by atoms with van der Waals surface area (Å²) in [5.41, 5.74) is 10.00. The highest BCUT2D eigenvalue weighted by atomic mass is 79.9. The van der Waals surface area contributed by atoms with Crippen molar-refractivity contribution in [3.8, 4) is 11.3 Å². The van der Waals surface area contributed by atoms with E-state index >= 15 is 0 Å². The highest BCUT2D eigenvalue weighted by molar-refractivity contribution is 9.13. The fourth-order valence-corrected chi connectivity index (χ4v) is 5.61. The van der Waals surface area contributed by atoms with E-state index in [1.807, 2.05) is 25.1 Å². The molecule has 1 aliphatic carbocycles. The lowest BCUT2D eigenvalue weighted by Gasteiger charge is -2.42. The van der Waals surface area contributed by atoms with Gasteiger partial charge in [0.25, 0.3) is 0 Å². The van der Waals surface area contributed by atoms with Crippen molar-refractivity contribution in [2.24, 2.45) is 11.1 Å². The highest BCUT2D eigenvalue weighted by Crippen LogP contribution is 2.46. The Kier molecular flexibility index (Phi) is 5.80. The molecule has 7 heteroatoms. The summed E-state index contributed by atoms with van der Waals surface area (Å²) in [4.78, 5) is 12.0. The first-order valence-electron chi connectivity index (χ1n) is 9.88. The Labute approximate surface area is 183 Å². The van der Waals surface area contributed by atoms with E-state index in [0.717, 1.165) is 64.1 Å². The third kappa shape index (κ3) is 3.51. The molecule has 1 aromatic heterocycles. The van der Waals surface area contributed by atoms with Crippen molar-refractivity contribution in [1.29, 1.82) is 0 Å². The van der Waals surface area contributed by atoms with Crippen LogP contribution in [0.4, 0.5) is 5.82 Å². The summed E-state index contributed by atoms with van der Waals surface area (Å²) < 4.78 is 1.91. The second kappa shape index (κ2) is 8.01. The maximum Gasteiger partial charge on any atom is 0.153 e. The number of hydrogen-bond acceptors (Lipinski definition) is 5. The van der Waals surface area contributed by atoms with Crippen molar-refractivity contribution in [1.82, 2.24) is 9.97 Å². The molecular weight excluding hydrogens is 484 g/mol. The maximum atomic E-state index is 10.0. The summed E-state index contributed by atoms with van der Waals surface area (Å²) in [7, 11) is 0. The number of piperidine rings is 1. The number of nitrogens with two attached hydrogens (primary N) is 1. The maximum absolute atomic E-state index is 10.0. The van der Waals surface area contributed by atoms with Gasteiger partial charge in [-0.25, -0.2) is 9.97 Å². The number of aryl methyl sites for hydroxylation is 1. The number of hydrogen-bond donors (Lipinski definition) is 2. The molecule has 1 saturated carbocycles. The summed E-state index contributed by atoms with van der Waals surface area (Å²) in [6.07, 6.45) is 5.84. The molecule has 2 aliphatic rings. The van der Waals surface area contributed by atoms with E-state index in [-0.39, 0.29) is 6.61 Å². The van der Waals surface area contributed by atoms with E-state index in [4.69, 9.17) is 15.7 Å². The van der Waals surface area contributed by atoms with Crippen LogP contribution in [-0.4, -0.2) is 34.2 Å². The van der Waals surface area contributed by atoms with Crippen LogP contribution >= 0.6 is 31.9 Å². The standard InChI is InChI=1S/C21H26Br2N4O/c1-13-19(14-4-2-5-15(22)18(14)23)26-16(12-28)20(25-13)27-10-8-21(9-11-27)7-3-6-17(21)24/h2,4-5,17,28H,3,6-12,24H2,1H3/t17-/m1/s1. The van der Waals surface area contributed by atoms with Crippen LogP contribution in [0.2, 0.25) is 0 Å². The van der Waals surface area contributed by atoms with E-state index < -0.39 is 0 Å². The van der Waals surface area contributed by atoms with Gasteiger partial charge < -0.3 is 15.7 Å². The molecule has 28 heavy (non-hydrogen) atoms. The molecule has 1 spiro atoms. The quantitative estimate of drug-likeness (QED) is 0.634. The Balaban J connectivity index is 1.64. The largest absolute Gasteiger partial charge is 0.390 e. The molecule has 5 nitrogen and oxygen atoms in total. The average molecular weight is 510 g/mol. The van der Waals surface area contributed by atoms with Crippen molar-refractivity contribution < 1.29 is 5.11 Å². The van der Waals surface area contributed by atoms with Gasteiger partial charge in [0.2, 0.25) is 0 Å². The monoisotopic (exact) mass is 508 g/mol. The van der Waals surface area contributed by atoms with Gasteiger partial charge >= 0.3 is 0 Å². The third-order valence-corrected chi connectivity index (χ3v) is 8.56. The molecule has 0 amide bonds. The second-order valence-electron chi connectivity index (χ2n) is 8.04. The van der Waals surface area contributed by atoms with Crippen molar-refractivity contribution >= 4 is 37.7 Å². The number of aromatic nitrogens is 2. The SMILES string of the molecule is Cc1nc(N2CCC3(CCC[C@H]3N)CC2)c(CO)nc1-c1cccc(Br)c1Br. The molecule has 1 atom stereocenters. The van der Waals surface area contributed by atoms with Gasteiger partial charge in [0.1, 0.15) is 5.69 Å². The number of aliphatic hydroxyl groups excluding tert-OH is 1. The Hall–Kier alpha value is -1.02. The first-order chi connectivity index (χ1) is 13.4.